The van der Waals surface area contributed by atoms with Crippen molar-refractivity contribution in [1.29, 1.82) is 0 Å². The van der Waals surface area contributed by atoms with Crippen molar-refractivity contribution in [1.82, 2.24) is 34.4 Å². The minimum Gasteiger partial charge on any atom is -0.368 e. The first-order valence-electron chi connectivity index (χ1n) is 10.7. The van der Waals surface area contributed by atoms with Crippen LogP contribution in [-0.2, 0) is 16.8 Å². The number of benzene rings is 1. The molecule has 0 N–H and O–H groups in total. The SMILES string of the molecule is O=C(c1nc2ncccn2n1)N1CCC2(CC1)OCCc1cnc(-c3ccccc3)nc12. The van der Waals surface area contributed by atoms with E-state index in [0.29, 0.717) is 44.1 Å². The predicted molar refractivity (Wildman–Crippen MR) is 115 cm³/mol. The van der Waals surface area contributed by atoms with Gasteiger partial charge in [-0.15, -0.1) is 5.10 Å². The number of rotatable bonds is 2. The Kier molecular flexibility index (Phi) is 4.43. The maximum atomic E-state index is 13.0. The highest BCUT2D eigenvalue weighted by Crippen LogP contribution is 2.41. The number of carbonyl (C=O) groups excluding carboxylic acids is 1. The van der Waals surface area contributed by atoms with Gasteiger partial charge in [-0.2, -0.15) is 4.98 Å². The number of likely N-dealkylation sites (tertiary alicyclic amines) is 1. The van der Waals surface area contributed by atoms with Gasteiger partial charge < -0.3 is 9.64 Å². The van der Waals surface area contributed by atoms with Gasteiger partial charge in [0.2, 0.25) is 5.82 Å². The molecular formula is C23H21N7O2. The fraction of sp³-hybridized carbons (Fsp3) is 0.304. The lowest BCUT2D eigenvalue weighted by molar-refractivity contribution is -0.0967. The highest BCUT2D eigenvalue weighted by molar-refractivity contribution is 5.91. The molecule has 9 nitrogen and oxygen atoms in total. The second-order valence-corrected chi connectivity index (χ2v) is 8.12. The molecule has 3 aromatic heterocycles. The van der Waals surface area contributed by atoms with Crippen LogP contribution in [0, 0.1) is 0 Å². The van der Waals surface area contributed by atoms with E-state index in [1.807, 2.05) is 36.5 Å². The number of ether oxygens (including phenoxy) is 1. The summed E-state index contributed by atoms with van der Waals surface area (Å²) in [6.07, 6.45) is 7.43. The zero-order valence-corrected chi connectivity index (χ0v) is 17.4. The molecule has 4 aromatic rings. The van der Waals surface area contributed by atoms with Crippen LogP contribution in [-0.4, -0.2) is 60.1 Å². The fourth-order valence-electron chi connectivity index (χ4n) is 4.55. The summed E-state index contributed by atoms with van der Waals surface area (Å²) in [5.41, 5.74) is 2.57. The molecule has 1 aromatic carbocycles. The monoisotopic (exact) mass is 427 g/mol. The number of piperidine rings is 1. The minimum absolute atomic E-state index is 0.165. The van der Waals surface area contributed by atoms with Gasteiger partial charge in [-0.05, 0) is 30.9 Å². The summed E-state index contributed by atoms with van der Waals surface area (Å²) in [7, 11) is 0. The molecule has 0 radical (unpaired) electrons. The third-order valence-corrected chi connectivity index (χ3v) is 6.24. The van der Waals surface area contributed by atoms with Gasteiger partial charge in [-0.25, -0.2) is 19.5 Å². The lowest BCUT2D eigenvalue weighted by atomic mass is 9.83. The van der Waals surface area contributed by atoms with Crippen molar-refractivity contribution in [2.24, 2.45) is 0 Å². The molecule has 1 fully saturated rings. The topological polar surface area (TPSA) is 98.4 Å². The van der Waals surface area contributed by atoms with Gasteiger partial charge in [0, 0.05) is 37.2 Å². The third-order valence-electron chi connectivity index (χ3n) is 6.24. The molecular weight excluding hydrogens is 406 g/mol. The van der Waals surface area contributed by atoms with Crippen LogP contribution in [0.15, 0.2) is 55.0 Å². The van der Waals surface area contributed by atoms with E-state index < -0.39 is 5.60 Å². The van der Waals surface area contributed by atoms with E-state index in [4.69, 9.17) is 9.72 Å². The molecule has 1 spiro atoms. The average molecular weight is 427 g/mol. The Morgan fingerprint density at radius 2 is 1.88 bits per heavy atom. The molecule has 1 saturated heterocycles. The van der Waals surface area contributed by atoms with Crippen LogP contribution in [0.1, 0.15) is 34.7 Å². The summed E-state index contributed by atoms with van der Waals surface area (Å²) in [4.78, 5) is 32.7. The van der Waals surface area contributed by atoms with Gasteiger partial charge in [0.1, 0.15) is 5.60 Å². The molecule has 0 atom stereocenters. The van der Waals surface area contributed by atoms with Crippen molar-refractivity contribution < 1.29 is 9.53 Å². The van der Waals surface area contributed by atoms with E-state index in [1.165, 1.54) is 4.52 Å². The molecule has 0 saturated carbocycles. The molecule has 1 amide bonds. The van der Waals surface area contributed by atoms with Gasteiger partial charge >= 0.3 is 0 Å². The average Bonchev–Trinajstić information content (AvgIpc) is 3.29. The van der Waals surface area contributed by atoms with Crippen LogP contribution in [0.4, 0.5) is 0 Å². The Labute approximate surface area is 184 Å². The standard InChI is InChI=1S/C23H21N7O2/c31-21(20-27-22-24-10-4-11-30(22)28-20)29-12-8-23(9-13-29)18-17(7-14-32-23)15-25-19(26-18)16-5-2-1-3-6-16/h1-6,10-11,15H,7-9,12-14H2. The molecule has 5 heterocycles. The van der Waals surface area contributed by atoms with Crippen LogP contribution < -0.4 is 0 Å². The van der Waals surface area contributed by atoms with Crippen LogP contribution in [0.2, 0.25) is 0 Å². The van der Waals surface area contributed by atoms with Gasteiger partial charge in [0.25, 0.3) is 11.7 Å². The Morgan fingerprint density at radius 3 is 2.69 bits per heavy atom. The molecule has 0 aliphatic carbocycles. The first-order valence-corrected chi connectivity index (χ1v) is 10.7. The summed E-state index contributed by atoms with van der Waals surface area (Å²) >= 11 is 0. The Balaban J connectivity index is 1.26. The largest absolute Gasteiger partial charge is 0.368 e. The zero-order chi connectivity index (χ0) is 21.5. The maximum Gasteiger partial charge on any atom is 0.293 e. The Hall–Kier alpha value is -3.72. The highest BCUT2D eigenvalue weighted by Gasteiger charge is 2.43. The van der Waals surface area contributed by atoms with Crippen molar-refractivity contribution in [2.45, 2.75) is 24.9 Å². The lowest BCUT2D eigenvalue weighted by Gasteiger charge is -2.43. The summed E-state index contributed by atoms with van der Waals surface area (Å²) in [5.74, 6) is 1.10. The number of fused-ring (bicyclic) bond motifs is 3. The minimum atomic E-state index is -0.495. The summed E-state index contributed by atoms with van der Waals surface area (Å²) < 4.78 is 7.85. The van der Waals surface area contributed by atoms with E-state index in [0.717, 1.165) is 23.2 Å². The van der Waals surface area contributed by atoms with E-state index in [9.17, 15) is 4.79 Å². The van der Waals surface area contributed by atoms with E-state index in [1.54, 1.807) is 23.4 Å². The molecule has 32 heavy (non-hydrogen) atoms. The van der Waals surface area contributed by atoms with Crippen LogP contribution in [0.5, 0.6) is 0 Å². The molecule has 0 bridgehead atoms. The van der Waals surface area contributed by atoms with Crippen molar-refractivity contribution in [3.8, 4) is 11.4 Å². The van der Waals surface area contributed by atoms with Gasteiger partial charge in [-0.1, -0.05) is 30.3 Å². The van der Waals surface area contributed by atoms with Gasteiger partial charge in [0.05, 0.1) is 12.3 Å². The van der Waals surface area contributed by atoms with Gasteiger partial charge in [-0.3, -0.25) is 4.79 Å². The quantitative estimate of drug-likeness (QED) is 0.484. The number of hydrogen-bond acceptors (Lipinski definition) is 7. The molecule has 160 valence electrons. The van der Waals surface area contributed by atoms with E-state index in [-0.39, 0.29) is 11.7 Å². The predicted octanol–water partition coefficient (Wildman–Crippen LogP) is 2.29. The molecule has 6 rings (SSSR count). The van der Waals surface area contributed by atoms with Crippen molar-refractivity contribution >= 4 is 11.7 Å². The fourth-order valence-corrected chi connectivity index (χ4v) is 4.55. The van der Waals surface area contributed by atoms with Crippen LogP contribution >= 0.6 is 0 Å². The lowest BCUT2D eigenvalue weighted by Crippen LogP contribution is -2.49. The van der Waals surface area contributed by atoms with E-state index in [2.05, 4.69) is 20.1 Å². The van der Waals surface area contributed by atoms with Gasteiger partial charge in [0.15, 0.2) is 5.82 Å². The third kappa shape index (κ3) is 3.13. The van der Waals surface area contributed by atoms with Crippen LogP contribution in [0.25, 0.3) is 17.2 Å². The Morgan fingerprint density at radius 1 is 1.03 bits per heavy atom. The number of carbonyl (C=O) groups is 1. The Bertz CT molecular complexity index is 1260. The summed E-state index contributed by atoms with van der Waals surface area (Å²) in [6, 6.07) is 11.7. The smallest absolute Gasteiger partial charge is 0.293 e. The first-order chi connectivity index (χ1) is 15.7. The maximum absolute atomic E-state index is 13.0. The second kappa shape index (κ2) is 7.45. The van der Waals surface area contributed by atoms with E-state index >= 15 is 0 Å². The number of amides is 1. The van der Waals surface area contributed by atoms with Crippen molar-refractivity contribution in [3.05, 3.63) is 72.1 Å². The van der Waals surface area contributed by atoms with Crippen molar-refractivity contribution in [3.63, 3.8) is 0 Å². The molecule has 9 heteroatoms. The summed E-state index contributed by atoms with van der Waals surface area (Å²) in [5, 5.41) is 4.27. The highest BCUT2D eigenvalue weighted by atomic mass is 16.5. The zero-order valence-electron chi connectivity index (χ0n) is 17.4. The normalized spacial score (nSPS) is 17.4. The molecule has 0 unspecified atom stereocenters. The number of hydrogen-bond donors (Lipinski definition) is 0. The van der Waals surface area contributed by atoms with Crippen molar-refractivity contribution in [2.75, 3.05) is 19.7 Å². The summed E-state index contributed by atoms with van der Waals surface area (Å²) in [6.45, 7) is 1.73. The first kappa shape index (κ1) is 19.0. The molecule has 2 aliphatic heterocycles. The molecule has 2 aliphatic rings. The van der Waals surface area contributed by atoms with Crippen LogP contribution in [0.3, 0.4) is 0 Å². The second-order valence-electron chi connectivity index (χ2n) is 8.12. The number of aromatic nitrogens is 6. The number of nitrogens with zero attached hydrogens (tertiary/aromatic N) is 7.